The summed E-state index contributed by atoms with van der Waals surface area (Å²) in [5.74, 6) is 0. The summed E-state index contributed by atoms with van der Waals surface area (Å²) in [6, 6.07) is 9.68. The molecule has 0 saturated heterocycles. The van der Waals surface area contributed by atoms with Crippen molar-refractivity contribution in [2.24, 2.45) is 0 Å². The molecule has 0 spiro atoms. The van der Waals surface area contributed by atoms with Crippen LogP contribution in [-0.4, -0.2) is 12.0 Å². The van der Waals surface area contributed by atoms with Crippen molar-refractivity contribution in [2.45, 2.75) is 20.4 Å². The van der Waals surface area contributed by atoms with Crippen LogP contribution in [0, 0.1) is 25.2 Å². The van der Waals surface area contributed by atoms with E-state index in [0.717, 1.165) is 28.2 Å². The van der Waals surface area contributed by atoms with Crippen molar-refractivity contribution in [3.05, 3.63) is 52.8 Å². The Hall–Kier alpha value is -2.54. The maximum absolute atomic E-state index is 8.95. The Balaban J connectivity index is 2.26. The van der Waals surface area contributed by atoms with Crippen molar-refractivity contribution in [1.29, 1.82) is 5.26 Å². The van der Waals surface area contributed by atoms with Crippen LogP contribution in [0.4, 0.5) is 11.4 Å². The van der Waals surface area contributed by atoms with Crippen LogP contribution in [0.25, 0.3) is 0 Å². The molecule has 0 saturated carbocycles. The van der Waals surface area contributed by atoms with Crippen LogP contribution in [0.15, 0.2) is 30.5 Å². The monoisotopic (exact) mass is 266 g/mol. The van der Waals surface area contributed by atoms with Gasteiger partial charge in [0.2, 0.25) is 0 Å². The Morgan fingerprint density at radius 3 is 2.80 bits per heavy atom. The van der Waals surface area contributed by atoms with Gasteiger partial charge in [-0.1, -0.05) is 6.07 Å². The Morgan fingerprint density at radius 2 is 2.10 bits per heavy atom. The fourth-order valence-corrected chi connectivity index (χ4v) is 2.08. The molecule has 0 atom stereocenters. The quantitative estimate of drug-likeness (QED) is 0.927. The third-order valence-electron chi connectivity index (χ3n) is 3.48. The van der Waals surface area contributed by atoms with Crippen molar-refractivity contribution in [3.8, 4) is 6.07 Å². The zero-order valence-electron chi connectivity index (χ0n) is 12.0. The first-order valence-corrected chi connectivity index (χ1v) is 6.44. The molecule has 0 radical (unpaired) electrons. The van der Waals surface area contributed by atoms with Gasteiger partial charge in [-0.05, 0) is 43.2 Å². The van der Waals surface area contributed by atoms with Crippen molar-refractivity contribution >= 4 is 11.4 Å². The van der Waals surface area contributed by atoms with Crippen molar-refractivity contribution in [1.82, 2.24) is 4.98 Å². The van der Waals surface area contributed by atoms with Gasteiger partial charge in [-0.15, -0.1) is 0 Å². The van der Waals surface area contributed by atoms with Crippen LogP contribution in [0.3, 0.4) is 0 Å². The lowest BCUT2D eigenvalue weighted by molar-refractivity contribution is 0.872. The Labute approximate surface area is 119 Å². The molecule has 4 nitrogen and oxygen atoms in total. The van der Waals surface area contributed by atoms with Gasteiger partial charge in [0.1, 0.15) is 0 Å². The highest BCUT2D eigenvalue weighted by Crippen LogP contribution is 2.21. The minimum absolute atomic E-state index is 0.655. The van der Waals surface area contributed by atoms with E-state index in [1.165, 1.54) is 0 Å². The van der Waals surface area contributed by atoms with Crippen LogP contribution in [0.1, 0.15) is 22.4 Å². The van der Waals surface area contributed by atoms with Crippen LogP contribution in [0.2, 0.25) is 0 Å². The summed E-state index contributed by atoms with van der Waals surface area (Å²) in [7, 11) is 1.98. The number of nitrogens with two attached hydrogens (primary N) is 1. The molecule has 2 rings (SSSR count). The molecular formula is C16H18N4. The van der Waals surface area contributed by atoms with Crippen molar-refractivity contribution in [3.63, 3.8) is 0 Å². The van der Waals surface area contributed by atoms with Gasteiger partial charge in [0.25, 0.3) is 0 Å². The van der Waals surface area contributed by atoms with Gasteiger partial charge in [-0.2, -0.15) is 5.26 Å². The van der Waals surface area contributed by atoms with Gasteiger partial charge in [-0.3, -0.25) is 4.98 Å². The van der Waals surface area contributed by atoms with Gasteiger partial charge >= 0.3 is 0 Å². The summed E-state index contributed by atoms with van der Waals surface area (Å²) in [4.78, 5) is 6.52. The minimum atomic E-state index is 0.655. The van der Waals surface area contributed by atoms with Gasteiger partial charge in [0.15, 0.2) is 0 Å². The number of nitriles is 1. The zero-order valence-corrected chi connectivity index (χ0v) is 12.0. The fraction of sp³-hybridized carbons (Fsp3) is 0.250. The summed E-state index contributed by atoms with van der Waals surface area (Å²) >= 11 is 0. The number of nitrogen functional groups attached to an aromatic ring is 1. The molecule has 1 aromatic carbocycles. The molecule has 0 aliphatic heterocycles. The molecule has 2 N–H and O–H groups in total. The number of hydrogen-bond donors (Lipinski definition) is 1. The maximum Gasteiger partial charge on any atom is 0.0992 e. The van der Waals surface area contributed by atoms with Crippen LogP contribution >= 0.6 is 0 Å². The minimum Gasteiger partial charge on any atom is -0.398 e. The number of aryl methyl sites for hydroxylation is 1. The first-order valence-electron chi connectivity index (χ1n) is 6.44. The molecule has 0 amide bonds. The Morgan fingerprint density at radius 1 is 1.35 bits per heavy atom. The van der Waals surface area contributed by atoms with E-state index in [1.807, 2.05) is 39.1 Å². The highest BCUT2D eigenvalue weighted by atomic mass is 15.1. The van der Waals surface area contributed by atoms with E-state index in [4.69, 9.17) is 11.0 Å². The van der Waals surface area contributed by atoms with Crippen molar-refractivity contribution in [2.75, 3.05) is 17.7 Å². The maximum atomic E-state index is 8.95. The third kappa shape index (κ3) is 2.72. The van der Waals surface area contributed by atoms with E-state index in [0.29, 0.717) is 12.1 Å². The van der Waals surface area contributed by atoms with E-state index < -0.39 is 0 Å². The average molecular weight is 266 g/mol. The number of hydrogen-bond acceptors (Lipinski definition) is 4. The van der Waals surface area contributed by atoms with Gasteiger partial charge in [0.05, 0.1) is 23.9 Å². The summed E-state index contributed by atoms with van der Waals surface area (Å²) in [6.45, 7) is 4.61. The van der Waals surface area contributed by atoms with Crippen LogP contribution in [0.5, 0.6) is 0 Å². The summed E-state index contributed by atoms with van der Waals surface area (Å²) in [5.41, 5.74) is 11.5. The Bertz CT molecular complexity index is 671. The second-order valence-corrected chi connectivity index (χ2v) is 4.94. The molecule has 0 aliphatic carbocycles. The number of aromatic nitrogens is 1. The highest BCUT2D eigenvalue weighted by Gasteiger charge is 2.09. The molecule has 1 heterocycles. The predicted octanol–water partition coefficient (Wildman–Crippen LogP) is 2.79. The lowest BCUT2D eigenvalue weighted by Crippen LogP contribution is -2.18. The lowest BCUT2D eigenvalue weighted by atomic mass is 10.1. The molecule has 20 heavy (non-hydrogen) atoms. The van der Waals surface area contributed by atoms with Crippen LogP contribution < -0.4 is 10.6 Å². The number of pyridine rings is 1. The average Bonchev–Trinajstić information content (AvgIpc) is 2.48. The molecule has 0 fully saturated rings. The first-order chi connectivity index (χ1) is 9.52. The standard InChI is InChI=1S/C16H18N4/c1-11-9-19-15(12(2)16(11)18)10-20(3)14-6-4-5-13(7-14)8-17/h4-7,9H,10H2,1-3H3,(H2,18,19). The van der Waals surface area contributed by atoms with E-state index in [1.54, 1.807) is 12.3 Å². The zero-order chi connectivity index (χ0) is 14.7. The van der Waals surface area contributed by atoms with Gasteiger partial charge in [0, 0.05) is 24.6 Å². The fourth-order valence-electron chi connectivity index (χ4n) is 2.08. The second-order valence-electron chi connectivity index (χ2n) is 4.94. The molecule has 0 aliphatic rings. The third-order valence-corrected chi connectivity index (χ3v) is 3.48. The van der Waals surface area contributed by atoms with E-state index in [-0.39, 0.29) is 0 Å². The van der Waals surface area contributed by atoms with Gasteiger partial charge in [-0.25, -0.2) is 0 Å². The summed E-state index contributed by atoms with van der Waals surface area (Å²) in [6.07, 6.45) is 1.80. The summed E-state index contributed by atoms with van der Waals surface area (Å²) in [5, 5.41) is 8.95. The van der Waals surface area contributed by atoms with Crippen LogP contribution in [-0.2, 0) is 6.54 Å². The number of nitrogens with zero attached hydrogens (tertiary/aromatic N) is 3. The SMILES string of the molecule is Cc1cnc(CN(C)c2cccc(C#N)c2)c(C)c1N. The number of anilines is 2. The summed E-state index contributed by atoms with van der Waals surface area (Å²) < 4.78 is 0. The number of rotatable bonds is 3. The first kappa shape index (κ1) is 13.9. The Kier molecular flexibility index (Phi) is 3.90. The normalized spacial score (nSPS) is 10.1. The second kappa shape index (κ2) is 5.62. The molecule has 0 bridgehead atoms. The molecular weight excluding hydrogens is 248 g/mol. The van der Waals surface area contributed by atoms with Crippen molar-refractivity contribution < 1.29 is 0 Å². The molecule has 0 unspecified atom stereocenters. The van der Waals surface area contributed by atoms with Gasteiger partial charge < -0.3 is 10.6 Å². The largest absolute Gasteiger partial charge is 0.398 e. The topological polar surface area (TPSA) is 65.9 Å². The molecule has 2 aromatic rings. The van der Waals surface area contributed by atoms with E-state index in [2.05, 4.69) is 16.0 Å². The molecule has 1 aromatic heterocycles. The number of benzene rings is 1. The smallest absolute Gasteiger partial charge is 0.0992 e. The molecule has 4 heteroatoms. The van der Waals surface area contributed by atoms with E-state index >= 15 is 0 Å². The lowest BCUT2D eigenvalue weighted by Gasteiger charge is -2.21. The highest BCUT2D eigenvalue weighted by molar-refractivity contribution is 5.55. The van der Waals surface area contributed by atoms with E-state index in [9.17, 15) is 0 Å². The predicted molar refractivity (Wildman–Crippen MR) is 81.4 cm³/mol. The molecule has 102 valence electrons.